The second-order valence-electron chi connectivity index (χ2n) is 2.49. The van der Waals surface area contributed by atoms with Gasteiger partial charge in [0.05, 0.1) is 16.2 Å². The van der Waals surface area contributed by atoms with Crippen LogP contribution in [0.3, 0.4) is 0 Å². The van der Waals surface area contributed by atoms with Crippen molar-refractivity contribution in [2.45, 2.75) is 6.43 Å². The largest absolute Gasteiger partial charge is 0.480 e. The zero-order valence-electron chi connectivity index (χ0n) is 7.43. The fourth-order valence-corrected chi connectivity index (χ4v) is 1.76. The highest BCUT2D eigenvalue weighted by atomic mass is 127. The summed E-state index contributed by atoms with van der Waals surface area (Å²) in [5.41, 5.74) is -0.955. The molecule has 7 heteroatoms. The molecule has 0 aliphatic carbocycles. The fourth-order valence-electron chi connectivity index (χ4n) is 0.952. The van der Waals surface area contributed by atoms with E-state index in [1.54, 1.807) is 0 Å². The lowest BCUT2D eigenvalue weighted by Crippen LogP contribution is -2.05. The lowest BCUT2D eigenvalue weighted by atomic mass is 10.2. The maximum absolute atomic E-state index is 12.5. The highest BCUT2D eigenvalue weighted by Gasteiger charge is 2.21. The molecule has 0 unspecified atom stereocenters. The molecule has 15 heavy (non-hydrogen) atoms. The van der Waals surface area contributed by atoms with Crippen molar-refractivity contribution in [3.63, 3.8) is 0 Å². The molecule has 0 radical (unpaired) electrons. The topological polar surface area (TPSA) is 39.2 Å². The molecule has 0 fully saturated rings. The molecule has 82 valence electrons. The van der Waals surface area contributed by atoms with Crippen LogP contribution >= 0.6 is 34.2 Å². The summed E-state index contributed by atoms with van der Waals surface area (Å²) in [7, 11) is 1.31. The van der Waals surface area contributed by atoms with Crippen LogP contribution in [-0.2, 0) is 0 Å². The van der Waals surface area contributed by atoms with E-state index in [0.717, 1.165) is 0 Å². The maximum atomic E-state index is 12.5. The Kier molecular flexibility index (Phi) is 4.21. The fraction of sp³-hybridized carbons (Fsp3) is 0.250. The summed E-state index contributed by atoms with van der Waals surface area (Å²) in [6.45, 7) is 0. The van der Waals surface area contributed by atoms with E-state index in [0.29, 0.717) is 3.57 Å². The summed E-state index contributed by atoms with van der Waals surface area (Å²) in [4.78, 5) is 14.4. The Morgan fingerprint density at radius 1 is 1.67 bits per heavy atom. The second kappa shape index (κ2) is 5.02. The molecule has 1 aromatic heterocycles. The smallest absolute Gasteiger partial charge is 0.281 e. The van der Waals surface area contributed by atoms with Gasteiger partial charge in [-0.25, -0.2) is 13.8 Å². The Hall–Kier alpha value is -0.500. The summed E-state index contributed by atoms with van der Waals surface area (Å²) in [5, 5.41) is -0.960. The van der Waals surface area contributed by atoms with Gasteiger partial charge in [-0.2, -0.15) is 0 Å². The maximum Gasteiger partial charge on any atom is 0.281 e. The molecule has 0 aliphatic rings. The summed E-state index contributed by atoms with van der Waals surface area (Å²) in [5.74, 6) is 0.0487. The summed E-state index contributed by atoms with van der Waals surface area (Å²) in [6, 6.07) is 1.23. The molecule has 3 nitrogen and oxygen atoms in total. The molecule has 0 amide bonds. The number of methoxy groups -OCH3 is 1. The molecule has 0 saturated carbocycles. The number of aromatic nitrogens is 1. The Labute approximate surface area is 103 Å². The van der Waals surface area contributed by atoms with Gasteiger partial charge in [-0.05, 0) is 40.3 Å². The molecule has 0 bridgehead atoms. The van der Waals surface area contributed by atoms with Gasteiger partial charge in [0, 0.05) is 0 Å². The lowest BCUT2D eigenvalue weighted by Gasteiger charge is -2.08. The van der Waals surface area contributed by atoms with Gasteiger partial charge in [0.15, 0.2) is 0 Å². The number of hydrogen-bond acceptors (Lipinski definition) is 3. The monoisotopic (exact) mass is 347 g/mol. The van der Waals surface area contributed by atoms with Crippen molar-refractivity contribution in [3.8, 4) is 5.88 Å². The lowest BCUT2D eigenvalue weighted by molar-refractivity contribution is 0.106. The molecule has 0 aliphatic heterocycles. The molecule has 1 aromatic rings. The number of hydrogen-bond donors (Lipinski definition) is 0. The van der Waals surface area contributed by atoms with E-state index in [1.807, 2.05) is 22.6 Å². The number of rotatable bonds is 3. The Morgan fingerprint density at radius 2 is 2.27 bits per heavy atom. The number of halogens is 4. The number of nitrogens with zero attached hydrogens (tertiary/aromatic N) is 1. The number of carbonyl (C=O) groups is 1. The van der Waals surface area contributed by atoms with Gasteiger partial charge in [-0.3, -0.25) is 4.79 Å². The van der Waals surface area contributed by atoms with Crippen molar-refractivity contribution < 1.29 is 18.3 Å². The molecule has 1 heterocycles. The number of ether oxygens (including phenoxy) is 1. The predicted octanol–water partition coefficient (Wildman–Crippen LogP) is 3.01. The van der Waals surface area contributed by atoms with Gasteiger partial charge in [0.1, 0.15) is 5.69 Å². The van der Waals surface area contributed by atoms with Gasteiger partial charge in [-0.15, -0.1) is 0 Å². The highest BCUT2D eigenvalue weighted by Crippen LogP contribution is 2.28. The van der Waals surface area contributed by atoms with E-state index < -0.39 is 17.4 Å². The predicted molar refractivity (Wildman–Crippen MR) is 58.6 cm³/mol. The Balaban J connectivity index is 3.38. The summed E-state index contributed by atoms with van der Waals surface area (Å²) in [6.07, 6.45) is -2.87. The molecule has 1 rings (SSSR count). The first kappa shape index (κ1) is 12.6. The third kappa shape index (κ3) is 2.75. The first-order valence-electron chi connectivity index (χ1n) is 3.69. The third-order valence-corrected chi connectivity index (χ3v) is 2.56. The van der Waals surface area contributed by atoms with Crippen LogP contribution in [0, 0.1) is 3.57 Å². The van der Waals surface area contributed by atoms with Crippen molar-refractivity contribution in [2.24, 2.45) is 0 Å². The summed E-state index contributed by atoms with van der Waals surface area (Å²) < 4.78 is 30.2. The Morgan fingerprint density at radius 3 is 2.67 bits per heavy atom. The minimum atomic E-state index is -2.87. The quantitative estimate of drug-likeness (QED) is 0.623. The van der Waals surface area contributed by atoms with E-state index in [2.05, 4.69) is 4.98 Å². The van der Waals surface area contributed by atoms with Gasteiger partial charge >= 0.3 is 0 Å². The first-order chi connectivity index (χ1) is 6.97. The average molecular weight is 347 g/mol. The molecular formula is C8H5ClF2INO2. The van der Waals surface area contributed by atoms with Crippen molar-refractivity contribution >= 4 is 39.4 Å². The van der Waals surface area contributed by atoms with Gasteiger partial charge in [0.2, 0.25) is 5.88 Å². The molecule has 0 spiro atoms. The standard InChI is InChI=1S/C8H5ClF2INO2/c1-15-8-4(12)2-3(6(9)14)5(13-8)7(10)11/h2,7H,1H3. The van der Waals surface area contributed by atoms with E-state index in [-0.39, 0.29) is 11.4 Å². The van der Waals surface area contributed by atoms with Crippen LogP contribution in [0.4, 0.5) is 8.78 Å². The Bertz CT molecular complexity index is 400. The number of alkyl halides is 2. The molecule has 0 saturated heterocycles. The van der Waals surface area contributed by atoms with Crippen molar-refractivity contribution in [3.05, 3.63) is 20.9 Å². The number of pyridine rings is 1. The van der Waals surface area contributed by atoms with Crippen LogP contribution in [0.1, 0.15) is 22.5 Å². The zero-order chi connectivity index (χ0) is 11.6. The van der Waals surface area contributed by atoms with E-state index in [1.165, 1.54) is 13.2 Å². The van der Waals surface area contributed by atoms with Crippen LogP contribution in [-0.4, -0.2) is 17.3 Å². The van der Waals surface area contributed by atoms with Crippen LogP contribution in [0.2, 0.25) is 0 Å². The molecular weight excluding hydrogens is 342 g/mol. The third-order valence-electron chi connectivity index (χ3n) is 1.59. The van der Waals surface area contributed by atoms with Crippen LogP contribution in [0.25, 0.3) is 0 Å². The van der Waals surface area contributed by atoms with E-state index in [9.17, 15) is 13.6 Å². The van der Waals surface area contributed by atoms with Gasteiger partial charge in [-0.1, -0.05) is 0 Å². The van der Waals surface area contributed by atoms with Gasteiger partial charge < -0.3 is 4.74 Å². The minimum absolute atomic E-state index is 0.0487. The van der Waals surface area contributed by atoms with Crippen molar-refractivity contribution in [2.75, 3.05) is 7.11 Å². The van der Waals surface area contributed by atoms with Gasteiger partial charge in [0.25, 0.3) is 11.7 Å². The first-order valence-corrected chi connectivity index (χ1v) is 5.15. The zero-order valence-corrected chi connectivity index (χ0v) is 10.3. The minimum Gasteiger partial charge on any atom is -0.480 e. The molecule has 0 N–H and O–H groups in total. The van der Waals surface area contributed by atoms with Crippen LogP contribution in [0.15, 0.2) is 6.07 Å². The second-order valence-corrected chi connectivity index (χ2v) is 3.99. The molecule has 0 aromatic carbocycles. The van der Waals surface area contributed by atoms with Crippen molar-refractivity contribution in [1.29, 1.82) is 0 Å². The van der Waals surface area contributed by atoms with Crippen molar-refractivity contribution in [1.82, 2.24) is 4.98 Å². The average Bonchev–Trinajstić information content (AvgIpc) is 2.16. The van der Waals surface area contributed by atoms with E-state index in [4.69, 9.17) is 16.3 Å². The van der Waals surface area contributed by atoms with Crippen LogP contribution in [0.5, 0.6) is 5.88 Å². The SMILES string of the molecule is COc1nc(C(F)F)c(C(=O)Cl)cc1I. The number of carbonyl (C=O) groups excluding carboxylic acids is 1. The molecule has 0 atom stereocenters. The van der Waals surface area contributed by atoms with Crippen LogP contribution < -0.4 is 4.74 Å². The summed E-state index contributed by atoms with van der Waals surface area (Å²) >= 11 is 6.98. The van der Waals surface area contributed by atoms with E-state index >= 15 is 0 Å². The highest BCUT2D eigenvalue weighted by molar-refractivity contribution is 14.1. The normalized spacial score (nSPS) is 10.5.